The second-order valence-corrected chi connectivity index (χ2v) is 7.22. The first-order chi connectivity index (χ1) is 13.7. The summed E-state index contributed by atoms with van der Waals surface area (Å²) in [5.41, 5.74) is 1.82. The Kier molecular flexibility index (Phi) is 5.67. The number of halogens is 1. The molecule has 0 amide bonds. The van der Waals surface area contributed by atoms with Gasteiger partial charge in [0.15, 0.2) is 0 Å². The van der Waals surface area contributed by atoms with Crippen LogP contribution in [0.5, 0.6) is 0 Å². The molecule has 0 spiro atoms. The molecule has 1 saturated heterocycles. The maximum atomic E-state index is 13.4. The molecular weight excluding hydrogens is 355 g/mol. The predicted octanol–water partition coefficient (Wildman–Crippen LogP) is 3.77. The van der Waals surface area contributed by atoms with Crippen LogP contribution in [0.4, 0.5) is 16.2 Å². The van der Waals surface area contributed by atoms with Gasteiger partial charge in [-0.2, -0.15) is 4.98 Å². The molecule has 6 heteroatoms. The van der Waals surface area contributed by atoms with E-state index >= 15 is 0 Å². The molecule has 1 fully saturated rings. The van der Waals surface area contributed by atoms with Crippen molar-refractivity contribution in [3.63, 3.8) is 0 Å². The number of rotatable bonds is 6. The standard InChI is InChI=1S/C22H25FN4O/c23-17-7-5-6-16(14-17)11-12-24-21-19-9-1-2-10-20(19)25-22(26-21)27-13-4-3-8-18(27)15-28/h1-2,5-7,9-10,14,18,28H,3-4,8,11-13,15H2,(H,24,25,26). The van der Waals surface area contributed by atoms with Crippen molar-refractivity contribution in [2.45, 2.75) is 31.7 Å². The van der Waals surface area contributed by atoms with Crippen LogP contribution >= 0.6 is 0 Å². The maximum Gasteiger partial charge on any atom is 0.228 e. The highest BCUT2D eigenvalue weighted by molar-refractivity contribution is 5.90. The quantitative estimate of drug-likeness (QED) is 0.682. The van der Waals surface area contributed by atoms with Crippen molar-refractivity contribution in [2.75, 3.05) is 29.9 Å². The topological polar surface area (TPSA) is 61.3 Å². The summed E-state index contributed by atoms with van der Waals surface area (Å²) in [5, 5.41) is 14.1. The Morgan fingerprint density at radius 1 is 1.11 bits per heavy atom. The third kappa shape index (κ3) is 4.07. The van der Waals surface area contributed by atoms with Gasteiger partial charge in [-0.3, -0.25) is 0 Å². The van der Waals surface area contributed by atoms with E-state index in [0.29, 0.717) is 18.9 Å². The minimum Gasteiger partial charge on any atom is -0.394 e. The van der Waals surface area contributed by atoms with Crippen molar-refractivity contribution in [3.05, 3.63) is 59.9 Å². The molecule has 4 rings (SSSR count). The monoisotopic (exact) mass is 380 g/mol. The predicted molar refractivity (Wildman–Crippen MR) is 110 cm³/mol. The Labute approximate surface area is 164 Å². The van der Waals surface area contributed by atoms with E-state index in [-0.39, 0.29) is 18.5 Å². The molecule has 0 bridgehead atoms. The third-order valence-corrected chi connectivity index (χ3v) is 5.28. The zero-order valence-electron chi connectivity index (χ0n) is 15.8. The van der Waals surface area contributed by atoms with E-state index in [1.807, 2.05) is 30.3 Å². The molecule has 2 aromatic carbocycles. The molecule has 2 N–H and O–H groups in total. The second kappa shape index (κ2) is 8.52. The summed E-state index contributed by atoms with van der Waals surface area (Å²) in [6, 6.07) is 14.7. The Bertz CT molecular complexity index is 949. The highest BCUT2D eigenvalue weighted by Crippen LogP contribution is 2.27. The molecule has 1 aliphatic heterocycles. The minimum atomic E-state index is -0.215. The molecule has 3 aromatic rings. The van der Waals surface area contributed by atoms with Crippen molar-refractivity contribution < 1.29 is 9.50 Å². The van der Waals surface area contributed by atoms with Gasteiger partial charge in [0.25, 0.3) is 0 Å². The first kappa shape index (κ1) is 18.6. The number of hydrogen-bond acceptors (Lipinski definition) is 5. The van der Waals surface area contributed by atoms with Crippen molar-refractivity contribution >= 4 is 22.7 Å². The SMILES string of the molecule is OCC1CCCCN1c1nc(NCCc2cccc(F)c2)c2ccccc2n1. The van der Waals surface area contributed by atoms with Gasteiger partial charge in [-0.05, 0) is 55.5 Å². The van der Waals surface area contributed by atoms with Gasteiger partial charge in [0.05, 0.1) is 18.2 Å². The fourth-order valence-electron chi connectivity index (χ4n) is 3.80. The zero-order chi connectivity index (χ0) is 19.3. The van der Waals surface area contributed by atoms with Gasteiger partial charge in [0, 0.05) is 18.5 Å². The molecule has 146 valence electrons. The van der Waals surface area contributed by atoms with Crippen LogP contribution in [0.25, 0.3) is 10.9 Å². The first-order valence-electron chi connectivity index (χ1n) is 9.87. The van der Waals surface area contributed by atoms with Crippen molar-refractivity contribution in [1.29, 1.82) is 0 Å². The average Bonchev–Trinajstić information content (AvgIpc) is 2.73. The van der Waals surface area contributed by atoms with E-state index in [2.05, 4.69) is 10.2 Å². The number of para-hydroxylation sites is 1. The van der Waals surface area contributed by atoms with Crippen LogP contribution < -0.4 is 10.2 Å². The van der Waals surface area contributed by atoms with E-state index in [0.717, 1.165) is 48.1 Å². The molecule has 1 aromatic heterocycles. The molecule has 28 heavy (non-hydrogen) atoms. The molecule has 2 heterocycles. The Hall–Kier alpha value is -2.73. The van der Waals surface area contributed by atoms with Crippen molar-refractivity contribution in [3.8, 4) is 0 Å². The molecule has 5 nitrogen and oxygen atoms in total. The summed E-state index contributed by atoms with van der Waals surface area (Å²) in [7, 11) is 0. The average molecular weight is 380 g/mol. The lowest BCUT2D eigenvalue weighted by Crippen LogP contribution is -2.43. The number of piperidine rings is 1. The smallest absolute Gasteiger partial charge is 0.228 e. The van der Waals surface area contributed by atoms with E-state index in [4.69, 9.17) is 9.97 Å². The molecular formula is C22H25FN4O. The largest absolute Gasteiger partial charge is 0.394 e. The van der Waals surface area contributed by atoms with Crippen molar-refractivity contribution in [1.82, 2.24) is 9.97 Å². The summed E-state index contributed by atoms with van der Waals surface area (Å²) in [6.45, 7) is 1.61. The molecule has 0 radical (unpaired) electrons. The molecule has 1 unspecified atom stereocenters. The van der Waals surface area contributed by atoms with Gasteiger partial charge in [-0.25, -0.2) is 9.37 Å². The second-order valence-electron chi connectivity index (χ2n) is 7.22. The fourth-order valence-corrected chi connectivity index (χ4v) is 3.80. The number of aliphatic hydroxyl groups is 1. The van der Waals surface area contributed by atoms with Gasteiger partial charge in [-0.1, -0.05) is 24.3 Å². The van der Waals surface area contributed by atoms with E-state index in [1.165, 1.54) is 6.07 Å². The number of nitrogens with one attached hydrogen (secondary N) is 1. The van der Waals surface area contributed by atoms with E-state index in [1.54, 1.807) is 12.1 Å². The Morgan fingerprint density at radius 2 is 2.00 bits per heavy atom. The molecule has 0 aliphatic carbocycles. The van der Waals surface area contributed by atoms with Crippen LogP contribution in [0.3, 0.4) is 0 Å². The summed E-state index contributed by atoms with van der Waals surface area (Å²) in [4.78, 5) is 11.7. The number of aliphatic hydroxyl groups excluding tert-OH is 1. The normalized spacial score (nSPS) is 17.1. The number of hydrogen-bond donors (Lipinski definition) is 2. The van der Waals surface area contributed by atoms with Gasteiger partial charge < -0.3 is 15.3 Å². The fraction of sp³-hybridized carbons (Fsp3) is 0.364. The number of nitrogens with zero attached hydrogens (tertiary/aromatic N) is 3. The van der Waals surface area contributed by atoms with E-state index < -0.39 is 0 Å². The lowest BCUT2D eigenvalue weighted by molar-refractivity contribution is 0.239. The summed E-state index contributed by atoms with van der Waals surface area (Å²) in [6.07, 6.45) is 3.85. The van der Waals surface area contributed by atoms with Crippen LogP contribution in [-0.4, -0.2) is 40.8 Å². The van der Waals surface area contributed by atoms with Gasteiger partial charge in [0.1, 0.15) is 11.6 Å². The highest BCUT2D eigenvalue weighted by Gasteiger charge is 2.24. The number of anilines is 2. The first-order valence-corrected chi connectivity index (χ1v) is 9.87. The minimum absolute atomic E-state index is 0.0649. The van der Waals surface area contributed by atoms with E-state index in [9.17, 15) is 9.50 Å². The van der Waals surface area contributed by atoms with Crippen LogP contribution in [0.1, 0.15) is 24.8 Å². The third-order valence-electron chi connectivity index (χ3n) is 5.28. The van der Waals surface area contributed by atoms with Crippen LogP contribution in [0.15, 0.2) is 48.5 Å². The van der Waals surface area contributed by atoms with Crippen LogP contribution in [0, 0.1) is 5.82 Å². The van der Waals surface area contributed by atoms with Gasteiger partial charge >= 0.3 is 0 Å². The summed E-state index contributed by atoms with van der Waals surface area (Å²) in [5.74, 6) is 1.22. The van der Waals surface area contributed by atoms with Gasteiger partial charge in [-0.15, -0.1) is 0 Å². The van der Waals surface area contributed by atoms with Crippen LogP contribution in [-0.2, 0) is 6.42 Å². The Morgan fingerprint density at radius 3 is 2.86 bits per heavy atom. The van der Waals surface area contributed by atoms with Crippen LogP contribution in [0.2, 0.25) is 0 Å². The molecule has 1 aliphatic rings. The summed E-state index contributed by atoms with van der Waals surface area (Å²) >= 11 is 0. The number of fused-ring (bicyclic) bond motifs is 1. The summed E-state index contributed by atoms with van der Waals surface area (Å²) < 4.78 is 13.4. The maximum absolute atomic E-state index is 13.4. The zero-order valence-corrected chi connectivity index (χ0v) is 15.8. The van der Waals surface area contributed by atoms with Crippen molar-refractivity contribution in [2.24, 2.45) is 0 Å². The molecule has 0 saturated carbocycles. The highest BCUT2D eigenvalue weighted by atomic mass is 19.1. The number of aromatic nitrogens is 2. The van der Waals surface area contributed by atoms with Gasteiger partial charge in [0.2, 0.25) is 5.95 Å². The molecule has 1 atom stereocenters. The number of benzene rings is 2. The lowest BCUT2D eigenvalue weighted by atomic mass is 10.0. The lowest BCUT2D eigenvalue weighted by Gasteiger charge is -2.34. The Balaban J connectivity index is 1.59.